The lowest BCUT2D eigenvalue weighted by molar-refractivity contribution is -0.384. The minimum absolute atomic E-state index is 0.0439. The lowest BCUT2D eigenvalue weighted by Crippen LogP contribution is -2.32. The number of nitrogens with one attached hydrogen (secondary N) is 1. The molecule has 1 atom stereocenters. The van der Waals surface area contributed by atoms with Crippen molar-refractivity contribution < 1.29 is 14.8 Å². The molecular formula is C12H14BrN3O4. The Morgan fingerprint density at radius 1 is 1.60 bits per heavy atom. The van der Waals surface area contributed by atoms with Crippen LogP contribution in [-0.2, 0) is 4.79 Å². The summed E-state index contributed by atoms with van der Waals surface area (Å²) in [5, 5.41) is 22.7. The van der Waals surface area contributed by atoms with Crippen LogP contribution in [0.4, 0.5) is 11.4 Å². The molecule has 0 spiro atoms. The Balaban J connectivity index is 1.95. The molecule has 1 saturated heterocycles. The summed E-state index contributed by atoms with van der Waals surface area (Å²) in [7, 11) is 0. The average molecular weight is 344 g/mol. The molecule has 1 fully saturated rings. The molecule has 0 bridgehead atoms. The zero-order chi connectivity index (χ0) is 14.7. The number of nitro groups is 1. The van der Waals surface area contributed by atoms with Gasteiger partial charge in [-0.2, -0.15) is 0 Å². The monoisotopic (exact) mass is 343 g/mol. The van der Waals surface area contributed by atoms with E-state index in [1.807, 2.05) is 4.90 Å². The number of likely N-dealkylation sites (tertiary alicyclic amines) is 1. The van der Waals surface area contributed by atoms with E-state index in [-0.39, 0.29) is 24.2 Å². The van der Waals surface area contributed by atoms with Crippen LogP contribution >= 0.6 is 15.9 Å². The zero-order valence-corrected chi connectivity index (χ0v) is 12.2. The van der Waals surface area contributed by atoms with Crippen LogP contribution < -0.4 is 5.32 Å². The highest BCUT2D eigenvalue weighted by Gasteiger charge is 2.22. The van der Waals surface area contributed by atoms with E-state index < -0.39 is 4.92 Å². The summed E-state index contributed by atoms with van der Waals surface area (Å²) in [5.41, 5.74) is 0.442. The maximum atomic E-state index is 11.9. The first-order valence-electron chi connectivity index (χ1n) is 6.10. The first-order chi connectivity index (χ1) is 9.45. The molecule has 1 aliphatic rings. The summed E-state index contributed by atoms with van der Waals surface area (Å²) in [4.78, 5) is 23.8. The van der Waals surface area contributed by atoms with Crippen molar-refractivity contribution >= 4 is 33.2 Å². The van der Waals surface area contributed by atoms with Gasteiger partial charge in [-0.25, -0.2) is 0 Å². The summed E-state index contributed by atoms with van der Waals surface area (Å²) in [6.07, 6.45) is 0.308. The lowest BCUT2D eigenvalue weighted by Gasteiger charge is -2.14. The van der Waals surface area contributed by atoms with Crippen LogP contribution in [0, 0.1) is 10.1 Å². The highest BCUT2D eigenvalue weighted by molar-refractivity contribution is 9.10. The topological polar surface area (TPSA) is 95.7 Å². The van der Waals surface area contributed by atoms with Crippen molar-refractivity contribution in [2.75, 3.05) is 25.0 Å². The largest absolute Gasteiger partial charge is 0.392 e. The Hall–Kier alpha value is -1.51. The molecule has 8 heteroatoms. The molecule has 0 aliphatic carbocycles. The molecule has 7 nitrogen and oxygen atoms in total. The highest BCUT2D eigenvalue weighted by Crippen LogP contribution is 2.27. The smallest absolute Gasteiger partial charge is 0.270 e. The normalized spacial score (nSPS) is 19.0. The Morgan fingerprint density at radius 3 is 2.90 bits per heavy atom. The zero-order valence-electron chi connectivity index (χ0n) is 10.6. The van der Waals surface area contributed by atoms with Gasteiger partial charge in [-0.3, -0.25) is 19.8 Å². The van der Waals surface area contributed by atoms with Crippen LogP contribution in [0.3, 0.4) is 0 Å². The van der Waals surface area contributed by atoms with Crippen LogP contribution in [0.1, 0.15) is 6.42 Å². The second-order valence-electron chi connectivity index (χ2n) is 4.65. The molecule has 1 aromatic rings. The number of nitro benzene ring substituents is 1. The number of hydrogen-bond donors (Lipinski definition) is 2. The minimum Gasteiger partial charge on any atom is -0.392 e. The molecule has 1 heterocycles. The van der Waals surface area contributed by atoms with Crippen molar-refractivity contribution in [2.24, 2.45) is 0 Å². The third kappa shape index (κ3) is 3.75. The fourth-order valence-corrected chi connectivity index (χ4v) is 2.53. The quantitative estimate of drug-likeness (QED) is 0.635. The number of carbonyl (C=O) groups is 1. The van der Waals surface area contributed by atoms with Gasteiger partial charge < -0.3 is 10.4 Å². The molecule has 0 radical (unpaired) electrons. The lowest BCUT2D eigenvalue weighted by atomic mass is 10.3. The average Bonchev–Trinajstić information content (AvgIpc) is 2.77. The van der Waals surface area contributed by atoms with Crippen molar-refractivity contribution in [3.8, 4) is 0 Å². The number of hydrogen-bond acceptors (Lipinski definition) is 5. The van der Waals surface area contributed by atoms with Gasteiger partial charge in [-0.05, 0) is 28.4 Å². The Kier molecular flexibility index (Phi) is 4.69. The van der Waals surface area contributed by atoms with Gasteiger partial charge in [0.15, 0.2) is 0 Å². The van der Waals surface area contributed by atoms with Gasteiger partial charge in [0.1, 0.15) is 0 Å². The first-order valence-corrected chi connectivity index (χ1v) is 6.89. The van der Waals surface area contributed by atoms with Crippen LogP contribution in [0.15, 0.2) is 22.7 Å². The highest BCUT2D eigenvalue weighted by atomic mass is 79.9. The molecule has 2 N–H and O–H groups in total. The predicted octanol–water partition coefficient (Wildman–Crippen LogP) is 1.36. The van der Waals surface area contributed by atoms with E-state index in [4.69, 9.17) is 0 Å². The molecule has 20 heavy (non-hydrogen) atoms. The van der Waals surface area contributed by atoms with Crippen LogP contribution in [0.5, 0.6) is 0 Å². The number of anilines is 1. The molecule has 2 rings (SSSR count). The minimum atomic E-state index is -0.498. The molecule has 1 aromatic carbocycles. The van der Waals surface area contributed by atoms with Gasteiger partial charge in [0.25, 0.3) is 5.69 Å². The molecule has 0 saturated carbocycles. The number of aliphatic hydroxyl groups excluding tert-OH is 1. The summed E-state index contributed by atoms with van der Waals surface area (Å²) in [6, 6.07) is 4.16. The van der Waals surface area contributed by atoms with Gasteiger partial charge >= 0.3 is 0 Å². The van der Waals surface area contributed by atoms with Gasteiger partial charge in [-0.1, -0.05) is 0 Å². The van der Waals surface area contributed by atoms with Crippen molar-refractivity contribution in [3.63, 3.8) is 0 Å². The second kappa shape index (κ2) is 6.29. The van der Waals surface area contributed by atoms with Crippen LogP contribution in [-0.4, -0.2) is 46.6 Å². The molecule has 108 valence electrons. The molecular weight excluding hydrogens is 330 g/mol. The van der Waals surface area contributed by atoms with Crippen LogP contribution in [0.2, 0.25) is 0 Å². The van der Waals surface area contributed by atoms with Gasteiger partial charge in [0.2, 0.25) is 5.91 Å². The van der Waals surface area contributed by atoms with E-state index in [2.05, 4.69) is 21.2 Å². The predicted molar refractivity (Wildman–Crippen MR) is 76.5 cm³/mol. The second-order valence-corrected chi connectivity index (χ2v) is 5.50. The number of rotatable bonds is 4. The van der Waals surface area contributed by atoms with E-state index in [1.54, 1.807) is 0 Å². The third-order valence-corrected chi connectivity index (χ3v) is 3.71. The number of benzene rings is 1. The summed E-state index contributed by atoms with van der Waals surface area (Å²) >= 11 is 3.19. The molecule has 0 unspecified atom stereocenters. The first kappa shape index (κ1) is 14.9. The molecule has 0 aromatic heterocycles. The maximum Gasteiger partial charge on any atom is 0.270 e. The fraction of sp³-hybridized carbons (Fsp3) is 0.417. The third-order valence-electron chi connectivity index (χ3n) is 3.05. The van der Waals surface area contributed by atoms with Crippen molar-refractivity contribution in [3.05, 3.63) is 32.8 Å². The fourth-order valence-electron chi connectivity index (χ4n) is 2.07. The van der Waals surface area contributed by atoms with E-state index in [0.29, 0.717) is 29.7 Å². The number of non-ortho nitro benzene ring substituents is 1. The Labute approximate surface area is 123 Å². The van der Waals surface area contributed by atoms with Gasteiger partial charge in [0.05, 0.1) is 23.3 Å². The Bertz CT molecular complexity index is 537. The van der Waals surface area contributed by atoms with E-state index in [9.17, 15) is 20.0 Å². The summed E-state index contributed by atoms with van der Waals surface area (Å²) in [5.74, 6) is -0.214. The standard InChI is InChI=1S/C12H14BrN3O4/c13-10-5-8(16(19)20)1-2-11(10)14-12(18)7-15-4-3-9(17)6-15/h1-2,5,9,17H,3-4,6-7H2,(H,14,18)/t9-/m0/s1. The molecule has 1 aliphatic heterocycles. The SMILES string of the molecule is O=C(CN1CC[C@H](O)C1)Nc1ccc([N+](=O)[O-])cc1Br. The maximum absolute atomic E-state index is 11.9. The van der Waals surface area contributed by atoms with E-state index in [0.717, 1.165) is 0 Å². The van der Waals surface area contributed by atoms with E-state index in [1.165, 1.54) is 18.2 Å². The number of carbonyl (C=O) groups excluding carboxylic acids is 1. The number of halogens is 1. The van der Waals surface area contributed by atoms with Gasteiger partial charge in [-0.15, -0.1) is 0 Å². The van der Waals surface area contributed by atoms with Crippen molar-refractivity contribution in [1.29, 1.82) is 0 Å². The number of nitrogens with zero attached hydrogens (tertiary/aromatic N) is 2. The van der Waals surface area contributed by atoms with Gasteiger partial charge in [0, 0.05) is 29.7 Å². The number of aliphatic hydroxyl groups is 1. The van der Waals surface area contributed by atoms with Crippen molar-refractivity contribution in [2.45, 2.75) is 12.5 Å². The van der Waals surface area contributed by atoms with E-state index >= 15 is 0 Å². The van der Waals surface area contributed by atoms with Crippen molar-refractivity contribution in [1.82, 2.24) is 4.90 Å². The number of β-amino-alcohol motifs (C(OH)–C–C–N with tert-alkyl or cyclic N) is 1. The molecule has 1 amide bonds. The number of amides is 1. The summed E-state index contributed by atoms with van der Waals surface area (Å²) in [6.45, 7) is 1.38. The summed E-state index contributed by atoms with van der Waals surface area (Å²) < 4.78 is 0.460. The Morgan fingerprint density at radius 2 is 2.35 bits per heavy atom. The van der Waals surface area contributed by atoms with Crippen LogP contribution in [0.25, 0.3) is 0 Å².